The molecule has 2 amide bonds. The van der Waals surface area contributed by atoms with Crippen LogP contribution in [0.25, 0.3) is 11.1 Å². The normalized spacial score (nSPS) is 25.7. The number of aliphatic carboxylic acids is 1. The van der Waals surface area contributed by atoms with Crippen LogP contribution in [0, 0.1) is 12.3 Å². The summed E-state index contributed by atoms with van der Waals surface area (Å²) in [5, 5.41) is 104. The summed E-state index contributed by atoms with van der Waals surface area (Å²) in [6, 6.07) is 1.27. The molecule has 0 radical (unpaired) electrons. The number of phenolic OH excluding ortho intramolecular Hbond substituents is 3. The van der Waals surface area contributed by atoms with Gasteiger partial charge < -0.3 is 94.1 Å². The fourth-order valence-electron chi connectivity index (χ4n) is 9.95. The van der Waals surface area contributed by atoms with Gasteiger partial charge in [-0.05, 0) is 49.6 Å². The van der Waals surface area contributed by atoms with Crippen molar-refractivity contribution in [3.63, 3.8) is 0 Å². The third-order valence-electron chi connectivity index (χ3n) is 13.9. The Hall–Kier alpha value is -7.34. The lowest BCUT2D eigenvalue weighted by Gasteiger charge is -2.50. The van der Waals surface area contributed by atoms with Gasteiger partial charge in [-0.15, -0.1) is 0 Å². The summed E-state index contributed by atoms with van der Waals surface area (Å²) in [6.45, 7) is 3.64. The summed E-state index contributed by atoms with van der Waals surface area (Å²) in [7, 11) is 2.38. The molecular formula is C51H58N2O25. The summed E-state index contributed by atoms with van der Waals surface area (Å²) < 4.78 is 45.2. The lowest BCUT2D eigenvalue weighted by Crippen LogP contribution is -2.68. The number of amides is 2. The van der Waals surface area contributed by atoms with Crippen molar-refractivity contribution in [3.05, 3.63) is 68.8 Å². The topological polar surface area (TPSA) is 408 Å². The van der Waals surface area contributed by atoms with Crippen LogP contribution in [0.2, 0.25) is 0 Å². The predicted octanol–water partition coefficient (Wildman–Crippen LogP) is -0.697. The number of ketones is 2. The molecule has 4 aliphatic rings. The van der Waals surface area contributed by atoms with Gasteiger partial charge in [0.25, 0.3) is 5.91 Å². The first-order chi connectivity index (χ1) is 36.6. The van der Waals surface area contributed by atoms with E-state index in [1.807, 2.05) is 0 Å². The van der Waals surface area contributed by atoms with Crippen molar-refractivity contribution < 1.29 is 122 Å². The van der Waals surface area contributed by atoms with Gasteiger partial charge in [0.15, 0.2) is 29.6 Å². The van der Waals surface area contributed by atoms with Crippen LogP contribution in [0.4, 0.5) is 0 Å². The minimum atomic E-state index is -2.21. The lowest BCUT2D eigenvalue weighted by molar-refractivity contribution is -0.345. The molecule has 2 fully saturated rings. The number of benzene rings is 3. The van der Waals surface area contributed by atoms with Crippen molar-refractivity contribution in [2.45, 2.75) is 115 Å². The molecule has 10 N–H and O–H groups in total. The van der Waals surface area contributed by atoms with E-state index in [1.165, 1.54) is 27.0 Å². The van der Waals surface area contributed by atoms with Gasteiger partial charge in [-0.3, -0.25) is 38.4 Å². The molecule has 27 heteroatoms. The fourth-order valence-corrected chi connectivity index (χ4v) is 9.95. The van der Waals surface area contributed by atoms with Gasteiger partial charge in [0.2, 0.25) is 5.91 Å². The second-order valence-corrected chi connectivity index (χ2v) is 19.3. The van der Waals surface area contributed by atoms with E-state index < -0.39 is 214 Å². The Kier molecular flexibility index (Phi) is 16.9. The van der Waals surface area contributed by atoms with E-state index in [9.17, 15) is 84.3 Å². The Labute approximate surface area is 442 Å². The zero-order chi connectivity index (χ0) is 57.7. The van der Waals surface area contributed by atoms with Crippen molar-refractivity contribution in [1.82, 2.24) is 10.2 Å². The van der Waals surface area contributed by atoms with Gasteiger partial charge in [0.1, 0.15) is 91.6 Å². The SMILES string of the molecule is COc1cc(O)c2c(c1)C(=O)c1c(cc3c(c1O)-c1c(cc(C)c(C(=O)N[C@H](C)C(=O)O)c1O)[C@H](O[C@@H]1O[C@H](C)[C@H](N(C)C(=O)C(COC(C)=O)(COC(C)=O)COC(C)=O)[C@H](O[C@@H]4OC[C@@H](O)[C@H](O)[C@H]4O)[C@H]1O)[C@H]3O)C2=O. The van der Waals surface area contributed by atoms with Crippen LogP contribution < -0.4 is 10.1 Å². The Morgan fingerprint density at radius 2 is 1.32 bits per heavy atom. The van der Waals surface area contributed by atoms with Crippen LogP contribution in [-0.2, 0) is 57.1 Å². The molecule has 7 rings (SSSR count). The monoisotopic (exact) mass is 1100 g/mol. The van der Waals surface area contributed by atoms with Gasteiger partial charge in [0.05, 0.1) is 42.6 Å². The molecule has 0 saturated carbocycles. The first-order valence-electron chi connectivity index (χ1n) is 24.0. The number of carboxylic acids is 1. The summed E-state index contributed by atoms with van der Waals surface area (Å²) >= 11 is 0. The van der Waals surface area contributed by atoms with E-state index in [-0.39, 0.29) is 16.9 Å². The average molecular weight is 1100 g/mol. The average Bonchev–Trinajstić information content (AvgIpc) is 3.56. The summed E-state index contributed by atoms with van der Waals surface area (Å²) in [4.78, 5) is 107. The number of methoxy groups -OCH3 is 1. The summed E-state index contributed by atoms with van der Waals surface area (Å²) in [6.07, 6.45) is -19.0. The van der Waals surface area contributed by atoms with E-state index >= 15 is 0 Å². The number of rotatable bonds is 16. The third kappa shape index (κ3) is 10.7. The zero-order valence-corrected chi connectivity index (χ0v) is 43.1. The molecule has 2 saturated heterocycles. The van der Waals surface area contributed by atoms with Crippen LogP contribution >= 0.6 is 0 Å². The van der Waals surface area contributed by atoms with E-state index in [1.54, 1.807) is 0 Å². The number of nitrogens with one attached hydrogen (secondary N) is 1. The predicted molar refractivity (Wildman–Crippen MR) is 257 cm³/mol. The van der Waals surface area contributed by atoms with Gasteiger partial charge in [-0.2, -0.15) is 0 Å². The van der Waals surface area contributed by atoms with E-state index in [0.717, 1.165) is 57.8 Å². The summed E-state index contributed by atoms with van der Waals surface area (Å²) in [5.74, 6) is -11.1. The number of carbonyl (C=O) groups is 8. The molecular weight excluding hydrogens is 1040 g/mol. The van der Waals surface area contributed by atoms with E-state index in [0.29, 0.717) is 0 Å². The van der Waals surface area contributed by atoms with Crippen LogP contribution in [0.5, 0.6) is 23.0 Å². The van der Waals surface area contributed by atoms with Crippen LogP contribution in [0.1, 0.15) is 106 Å². The van der Waals surface area contributed by atoms with Crippen molar-refractivity contribution in [2.75, 3.05) is 40.6 Å². The first kappa shape index (κ1) is 58.3. The highest BCUT2D eigenvalue weighted by atomic mass is 16.7. The molecule has 12 atom stereocenters. The molecule has 78 heavy (non-hydrogen) atoms. The molecule has 27 nitrogen and oxygen atoms in total. The second-order valence-electron chi connectivity index (χ2n) is 19.3. The number of nitrogens with zero attached hydrogens (tertiary/aromatic N) is 1. The number of aliphatic hydroxyl groups excluding tert-OH is 5. The first-order valence-corrected chi connectivity index (χ1v) is 24.0. The van der Waals surface area contributed by atoms with Gasteiger partial charge in [-0.25, -0.2) is 0 Å². The van der Waals surface area contributed by atoms with Crippen molar-refractivity contribution >= 4 is 47.3 Å². The van der Waals surface area contributed by atoms with Crippen molar-refractivity contribution in [3.8, 4) is 34.1 Å². The van der Waals surface area contributed by atoms with Crippen LogP contribution in [-0.4, -0.2) is 200 Å². The highest BCUT2D eigenvalue weighted by molar-refractivity contribution is 6.31. The minimum Gasteiger partial charge on any atom is -0.507 e. The molecule has 3 aromatic carbocycles. The van der Waals surface area contributed by atoms with Gasteiger partial charge in [-0.1, -0.05) is 6.07 Å². The highest BCUT2D eigenvalue weighted by Gasteiger charge is 2.56. The van der Waals surface area contributed by atoms with Crippen molar-refractivity contribution in [2.24, 2.45) is 5.41 Å². The number of aliphatic hydroxyl groups is 5. The molecule has 422 valence electrons. The molecule has 0 aromatic heterocycles. The molecule has 2 heterocycles. The number of likely N-dealkylation sites (N-methyl/N-ethyl adjacent to an activating group) is 1. The number of hydrogen-bond donors (Lipinski definition) is 10. The Morgan fingerprint density at radius 1 is 0.756 bits per heavy atom. The highest BCUT2D eigenvalue weighted by Crippen LogP contribution is 2.57. The second kappa shape index (κ2) is 22.6. The smallest absolute Gasteiger partial charge is 0.325 e. The fraction of sp³-hybridized carbons (Fsp3) is 0.490. The molecule has 0 spiro atoms. The number of carbonyl (C=O) groups excluding carboxylic acids is 7. The quantitative estimate of drug-likeness (QED) is 0.0490. The Morgan fingerprint density at radius 3 is 1.88 bits per heavy atom. The standard InChI is InChI=1S/C51H58N2O25/c1-17-9-27-33(40(63)30(17)46(67)52-18(2)47(68)69)32-25(12-26-34(41(32)64)37(60)24-10-23(71-8)11-28(57)31(24)36(26)59)38(61)44(27)77-49-43(66)45(78-48-42(65)39(62)29(58)13-72-48)35(19(3)76-49)53(7)50(70)51(14-73-20(4)54,15-74-21(5)55)16-75-22(6)56/h9-12,18-19,29,35,38-39,42-45,48-49,57-58,61-66H,13-16H2,1-8H3,(H,52,67)(H,68,69)/t18-,19-,29-,35+,38+,39+,42-,43-,44+,45+,48+,49+/m1/s1. The van der Waals surface area contributed by atoms with E-state index in [4.69, 9.17) is 37.9 Å². The molecule has 3 aromatic rings. The lowest BCUT2D eigenvalue weighted by atomic mass is 9.74. The number of aryl methyl sites for hydroxylation is 1. The number of fused-ring (bicyclic) bond motifs is 5. The van der Waals surface area contributed by atoms with E-state index in [2.05, 4.69) is 5.32 Å². The molecule has 2 aliphatic carbocycles. The molecule has 2 aliphatic heterocycles. The number of phenols is 3. The van der Waals surface area contributed by atoms with Gasteiger partial charge in [0, 0.05) is 56.1 Å². The van der Waals surface area contributed by atoms with Gasteiger partial charge >= 0.3 is 23.9 Å². The molecule has 0 bridgehead atoms. The van der Waals surface area contributed by atoms with Crippen molar-refractivity contribution in [1.29, 1.82) is 0 Å². The number of esters is 3. The number of hydrogen-bond acceptors (Lipinski definition) is 24. The van der Waals surface area contributed by atoms with Crippen LogP contribution in [0.3, 0.4) is 0 Å². The minimum absolute atomic E-state index is 0.0446. The molecule has 0 unspecified atom stereocenters. The maximum Gasteiger partial charge on any atom is 0.325 e. The number of carboxylic acid groups (broad SMARTS) is 1. The third-order valence-corrected chi connectivity index (χ3v) is 13.9. The Bertz CT molecular complexity index is 2910. The number of aromatic hydroxyl groups is 3. The maximum absolute atomic E-state index is 14.9. The van der Waals surface area contributed by atoms with Crippen LogP contribution in [0.15, 0.2) is 24.3 Å². The Balaban J connectivity index is 1.37. The maximum atomic E-state index is 14.9. The summed E-state index contributed by atoms with van der Waals surface area (Å²) in [5.41, 5.74) is -6.70. The zero-order valence-electron chi connectivity index (χ0n) is 43.1. The largest absolute Gasteiger partial charge is 0.507 e. The number of ether oxygens (including phenoxy) is 8.